The molecule has 4 heteroatoms. The number of carbonyl (C=O) groups is 1. The SMILES string of the molecule is CC(C)CN(CCC#N)C(=O)[C@H](C)N. The average Bonchev–Trinajstić information content (AvgIpc) is 2.10. The van der Waals surface area contributed by atoms with E-state index in [0.29, 0.717) is 25.4 Å². The van der Waals surface area contributed by atoms with Crippen LogP contribution in [0.3, 0.4) is 0 Å². The Morgan fingerprint density at radius 1 is 1.50 bits per heavy atom. The summed E-state index contributed by atoms with van der Waals surface area (Å²) in [5, 5.41) is 8.45. The van der Waals surface area contributed by atoms with Crippen molar-refractivity contribution >= 4 is 5.91 Å². The first kappa shape index (κ1) is 12.9. The summed E-state index contributed by atoms with van der Waals surface area (Å²) < 4.78 is 0. The van der Waals surface area contributed by atoms with Crippen LogP contribution in [0.5, 0.6) is 0 Å². The van der Waals surface area contributed by atoms with Gasteiger partial charge < -0.3 is 10.6 Å². The molecule has 0 aliphatic rings. The van der Waals surface area contributed by atoms with Crippen molar-refractivity contribution in [2.75, 3.05) is 13.1 Å². The van der Waals surface area contributed by atoms with Crippen molar-refractivity contribution in [1.82, 2.24) is 4.90 Å². The third-order valence-electron chi connectivity index (χ3n) is 1.78. The van der Waals surface area contributed by atoms with Crippen LogP contribution in [-0.4, -0.2) is 29.9 Å². The number of nitrogens with two attached hydrogens (primary N) is 1. The molecular formula is C10H19N3O. The summed E-state index contributed by atoms with van der Waals surface area (Å²) in [6.07, 6.45) is 0.366. The molecule has 0 radical (unpaired) electrons. The zero-order valence-corrected chi connectivity index (χ0v) is 9.16. The van der Waals surface area contributed by atoms with Gasteiger partial charge in [-0.2, -0.15) is 5.26 Å². The van der Waals surface area contributed by atoms with E-state index in [1.54, 1.807) is 11.8 Å². The van der Waals surface area contributed by atoms with Crippen LogP contribution in [0.2, 0.25) is 0 Å². The Kier molecular flexibility index (Phi) is 5.89. The van der Waals surface area contributed by atoms with E-state index in [2.05, 4.69) is 0 Å². The van der Waals surface area contributed by atoms with Crippen molar-refractivity contribution in [1.29, 1.82) is 5.26 Å². The lowest BCUT2D eigenvalue weighted by Gasteiger charge is -2.25. The fraction of sp³-hybridized carbons (Fsp3) is 0.800. The minimum Gasteiger partial charge on any atom is -0.340 e. The highest BCUT2D eigenvalue weighted by atomic mass is 16.2. The Morgan fingerprint density at radius 3 is 2.43 bits per heavy atom. The molecule has 4 nitrogen and oxygen atoms in total. The number of amides is 1. The summed E-state index contributed by atoms with van der Waals surface area (Å²) in [5.74, 6) is 0.324. The van der Waals surface area contributed by atoms with Gasteiger partial charge in [0.05, 0.1) is 18.5 Å². The Hall–Kier alpha value is -1.08. The molecule has 0 spiro atoms. The van der Waals surface area contributed by atoms with Crippen LogP contribution in [0.4, 0.5) is 0 Å². The molecule has 0 aliphatic heterocycles. The van der Waals surface area contributed by atoms with Gasteiger partial charge >= 0.3 is 0 Å². The normalized spacial score (nSPS) is 12.3. The summed E-state index contributed by atoms with van der Waals surface area (Å²) in [7, 11) is 0. The van der Waals surface area contributed by atoms with E-state index in [4.69, 9.17) is 11.0 Å². The maximum atomic E-state index is 11.6. The lowest BCUT2D eigenvalue weighted by Crippen LogP contribution is -2.44. The van der Waals surface area contributed by atoms with E-state index in [9.17, 15) is 4.79 Å². The van der Waals surface area contributed by atoms with Crippen LogP contribution in [-0.2, 0) is 4.79 Å². The van der Waals surface area contributed by atoms with Crippen LogP contribution in [0.1, 0.15) is 27.2 Å². The Labute approximate surface area is 85.7 Å². The van der Waals surface area contributed by atoms with E-state index >= 15 is 0 Å². The van der Waals surface area contributed by atoms with Gasteiger partial charge in [-0.05, 0) is 12.8 Å². The third kappa shape index (κ3) is 4.83. The van der Waals surface area contributed by atoms with Crippen LogP contribution in [0.25, 0.3) is 0 Å². The van der Waals surface area contributed by atoms with E-state index in [0.717, 1.165) is 0 Å². The highest BCUT2D eigenvalue weighted by Crippen LogP contribution is 2.02. The van der Waals surface area contributed by atoms with E-state index in [1.807, 2.05) is 19.9 Å². The highest BCUT2D eigenvalue weighted by Gasteiger charge is 2.17. The molecule has 14 heavy (non-hydrogen) atoms. The number of nitrogens with zero attached hydrogens (tertiary/aromatic N) is 2. The van der Waals surface area contributed by atoms with Crippen molar-refractivity contribution in [3.05, 3.63) is 0 Å². The van der Waals surface area contributed by atoms with Gasteiger partial charge in [-0.15, -0.1) is 0 Å². The van der Waals surface area contributed by atoms with Crippen LogP contribution in [0, 0.1) is 17.2 Å². The molecule has 0 unspecified atom stereocenters. The monoisotopic (exact) mass is 197 g/mol. The smallest absolute Gasteiger partial charge is 0.239 e. The van der Waals surface area contributed by atoms with Gasteiger partial charge in [0.1, 0.15) is 0 Å². The number of rotatable bonds is 5. The molecule has 0 bridgehead atoms. The van der Waals surface area contributed by atoms with Gasteiger partial charge in [0, 0.05) is 13.1 Å². The molecular weight excluding hydrogens is 178 g/mol. The summed E-state index contributed by atoms with van der Waals surface area (Å²) in [4.78, 5) is 13.2. The fourth-order valence-electron chi connectivity index (χ4n) is 1.21. The van der Waals surface area contributed by atoms with Crippen molar-refractivity contribution in [3.63, 3.8) is 0 Å². The van der Waals surface area contributed by atoms with Crippen molar-refractivity contribution in [2.24, 2.45) is 11.7 Å². The lowest BCUT2D eigenvalue weighted by molar-refractivity contribution is -0.132. The Balaban J connectivity index is 4.24. The number of nitriles is 1. The van der Waals surface area contributed by atoms with Crippen molar-refractivity contribution in [2.45, 2.75) is 33.2 Å². The summed E-state index contributed by atoms with van der Waals surface area (Å²) in [6.45, 7) is 6.89. The van der Waals surface area contributed by atoms with E-state index in [1.165, 1.54) is 0 Å². The van der Waals surface area contributed by atoms with Crippen molar-refractivity contribution < 1.29 is 4.79 Å². The second-order valence-corrected chi connectivity index (χ2v) is 3.87. The number of carbonyl (C=O) groups excluding carboxylic acids is 1. The molecule has 0 saturated heterocycles. The highest BCUT2D eigenvalue weighted by molar-refractivity contribution is 5.81. The van der Waals surface area contributed by atoms with Crippen LogP contribution < -0.4 is 5.73 Å². The first-order valence-corrected chi connectivity index (χ1v) is 4.90. The molecule has 0 aromatic rings. The third-order valence-corrected chi connectivity index (χ3v) is 1.78. The molecule has 2 N–H and O–H groups in total. The summed E-state index contributed by atoms with van der Waals surface area (Å²) in [6, 6.07) is 1.55. The van der Waals surface area contributed by atoms with Gasteiger partial charge in [0.25, 0.3) is 0 Å². The van der Waals surface area contributed by atoms with Crippen molar-refractivity contribution in [3.8, 4) is 6.07 Å². The first-order chi connectivity index (χ1) is 6.49. The van der Waals surface area contributed by atoms with Gasteiger partial charge in [-0.3, -0.25) is 4.79 Å². The topological polar surface area (TPSA) is 70.1 Å². The summed E-state index contributed by atoms with van der Waals surface area (Å²) in [5.41, 5.74) is 5.51. The van der Waals surface area contributed by atoms with Gasteiger partial charge in [-0.1, -0.05) is 13.8 Å². The van der Waals surface area contributed by atoms with E-state index < -0.39 is 6.04 Å². The molecule has 1 atom stereocenters. The summed E-state index contributed by atoms with van der Waals surface area (Å²) >= 11 is 0. The molecule has 0 aromatic heterocycles. The fourth-order valence-corrected chi connectivity index (χ4v) is 1.21. The lowest BCUT2D eigenvalue weighted by atomic mass is 10.2. The predicted molar refractivity (Wildman–Crippen MR) is 55.3 cm³/mol. The minimum absolute atomic E-state index is 0.0750. The molecule has 1 amide bonds. The Morgan fingerprint density at radius 2 is 2.07 bits per heavy atom. The van der Waals surface area contributed by atoms with Crippen LogP contribution in [0.15, 0.2) is 0 Å². The second kappa shape index (κ2) is 6.39. The molecule has 0 aliphatic carbocycles. The number of hydrogen-bond acceptors (Lipinski definition) is 3. The second-order valence-electron chi connectivity index (χ2n) is 3.87. The zero-order valence-electron chi connectivity index (χ0n) is 9.16. The predicted octanol–water partition coefficient (Wildman–Crippen LogP) is 0.732. The molecule has 0 aromatic carbocycles. The molecule has 0 fully saturated rings. The standard InChI is InChI=1S/C10H19N3O/c1-8(2)7-13(6-4-5-11)10(14)9(3)12/h8-9H,4,6-7,12H2,1-3H3/t9-/m0/s1. The quantitative estimate of drug-likeness (QED) is 0.706. The van der Waals surface area contributed by atoms with Gasteiger partial charge in [0.2, 0.25) is 5.91 Å². The minimum atomic E-state index is -0.479. The van der Waals surface area contributed by atoms with Crippen LogP contribution >= 0.6 is 0 Å². The van der Waals surface area contributed by atoms with Gasteiger partial charge in [0.15, 0.2) is 0 Å². The first-order valence-electron chi connectivity index (χ1n) is 4.90. The molecule has 80 valence electrons. The molecule has 0 heterocycles. The van der Waals surface area contributed by atoms with E-state index in [-0.39, 0.29) is 5.91 Å². The number of hydrogen-bond donors (Lipinski definition) is 1. The average molecular weight is 197 g/mol. The molecule has 0 saturated carbocycles. The maximum Gasteiger partial charge on any atom is 0.239 e. The zero-order chi connectivity index (χ0) is 11.1. The maximum absolute atomic E-state index is 11.6. The molecule has 0 rings (SSSR count). The largest absolute Gasteiger partial charge is 0.340 e. The Bertz CT molecular complexity index is 218. The van der Waals surface area contributed by atoms with Gasteiger partial charge in [-0.25, -0.2) is 0 Å².